The molecule has 0 spiro atoms. The van der Waals surface area contributed by atoms with Crippen molar-refractivity contribution in [3.05, 3.63) is 192 Å². The molecule has 1 unspecified atom stereocenters. The molecule has 7 aromatic carbocycles. The van der Waals surface area contributed by atoms with Crippen molar-refractivity contribution >= 4 is 23.3 Å². The zero-order chi connectivity index (χ0) is 34.0. The van der Waals surface area contributed by atoms with Crippen LogP contribution in [0.3, 0.4) is 0 Å². The molecule has 7 rings (SSSR count). The molecule has 0 radical (unpaired) electrons. The van der Waals surface area contributed by atoms with Crippen LogP contribution < -0.4 is 10.6 Å². The molecular formula is C46H37O2P. The average Bonchev–Trinajstić information content (AvgIpc) is 3.15. The monoisotopic (exact) mass is 652 g/mol. The Bertz CT molecular complexity index is 2290. The van der Waals surface area contributed by atoms with Gasteiger partial charge < -0.3 is 4.57 Å². The van der Waals surface area contributed by atoms with Crippen molar-refractivity contribution in [3.8, 4) is 44.5 Å². The Morgan fingerprint density at radius 1 is 0.429 bits per heavy atom. The number of rotatable bonds is 8. The first-order valence-corrected chi connectivity index (χ1v) is 18.3. The van der Waals surface area contributed by atoms with Crippen LogP contribution in [0, 0.1) is 20.8 Å². The van der Waals surface area contributed by atoms with Crippen molar-refractivity contribution in [2.45, 2.75) is 20.8 Å². The van der Waals surface area contributed by atoms with Crippen LogP contribution in [-0.4, -0.2) is 5.52 Å². The first-order valence-electron chi connectivity index (χ1n) is 16.6. The van der Waals surface area contributed by atoms with E-state index in [-0.39, 0.29) is 5.52 Å². The second-order valence-electron chi connectivity index (χ2n) is 12.5. The topological polar surface area (TPSA) is 34.1 Å². The molecule has 0 saturated heterocycles. The molecule has 0 amide bonds. The van der Waals surface area contributed by atoms with Crippen LogP contribution in [0.2, 0.25) is 0 Å². The van der Waals surface area contributed by atoms with Gasteiger partial charge in [0.05, 0.1) is 0 Å². The second kappa shape index (κ2) is 13.5. The number of hydrogen-bond donors (Lipinski definition) is 0. The van der Waals surface area contributed by atoms with Crippen molar-refractivity contribution in [2.75, 3.05) is 0 Å². The van der Waals surface area contributed by atoms with Crippen molar-refractivity contribution in [3.63, 3.8) is 0 Å². The number of carbonyl (C=O) groups is 1. The van der Waals surface area contributed by atoms with Gasteiger partial charge in [-0.3, -0.25) is 4.79 Å². The summed E-state index contributed by atoms with van der Waals surface area (Å²) in [5, 5.41) is 1.05. The van der Waals surface area contributed by atoms with Crippen LogP contribution in [0.25, 0.3) is 44.5 Å². The van der Waals surface area contributed by atoms with Gasteiger partial charge in [-0.1, -0.05) is 158 Å². The van der Waals surface area contributed by atoms with Crippen LogP contribution in [0.5, 0.6) is 0 Å². The summed E-state index contributed by atoms with van der Waals surface area (Å²) in [5.41, 5.74) is 11.7. The zero-order valence-electron chi connectivity index (χ0n) is 27.9. The van der Waals surface area contributed by atoms with Gasteiger partial charge in [0.25, 0.3) is 0 Å². The largest absolute Gasteiger partial charge is 0.305 e. The molecule has 0 N–H and O–H groups in total. The molecule has 0 aliphatic heterocycles. The van der Waals surface area contributed by atoms with Gasteiger partial charge in [-0.25, -0.2) is 0 Å². The van der Waals surface area contributed by atoms with E-state index in [9.17, 15) is 4.79 Å². The van der Waals surface area contributed by atoms with Crippen molar-refractivity contribution in [1.29, 1.82) is 0 Å². The van der Waals surface area contributed by atoms with E-state index >= 15 is 4.57 Å². The Balaban J connectivity index is 1.64. The van der Waals surface area contributed by atoms with Crippen LogP contribution in [0.15, 0.2) is 170 Å². The molecule has 0 aliphatic rings. The highest BCUT2D eigenvalue weighted by molar-refractivity contribution is 7.93. The molecule has 0 fully saturated rings. The Hall–Kier alpha value is -5.56. The maximum absolute atomic E-state index is 15.9. The van der Waals surface area contributed by atoms with Gasteiger partial charge in [0.2, 0.25) is 12.7 Å². The molecule has 0 aromatic heterocycles. The van der Waals surface area contributed by atoms with E-state index in [0.717, 1.165) is 55.6 Å². The lowest BCUT2D eigenvalue weighted by Crippen LogP contribution is -2.24. The summed E-state index contributed by atoms with van der Waals surface area (Å²) in [6, 6.07) is 55.9. The third-order valence-electron chi connectivity index (χ3n) is 9.40. The van der Waals surface area contributed by atoms with Gasteiger partial charge in [-0.15, -0.1) is 0 Å². The number of aryl methyl sites for hydroxylation is 3. The minimum Gasteiger partial charge on any atom is -0.305 e. The quantitative estimate of drug-likeness (QED) is 0.153. The minimum absolute atomic E-state index is 0.377. The highest BCUT2D eigenvalue weighted by atomic mass is 31.2. The van der Waals surface area contributed by atoms with Crippen LogP contribution in [0.1, 0.15) is 27.0 Å². The van der Waals surface area contributed by atoms with Crippen LogP contribution in [0.4, 0.5) is 0 Å². The molecule has 1 atom stereocenters. The molecule has 49 heavy (non-hydrogen) atoms. The fourth-order valence-electron chi connectivity index (χ4n) is 6.89. The molecular weight excluding hydrogens is 615 g/mol. The number of benzene rings is 7. The number of carbonyl (C=O) groups excluding carboxylic acids is 1. The molecule has 0 aliphatic carbocycles. The lowest BCUT2D eigenvalue weighted by molar-refractivity contribution is 0.107. The smallest absolute Gasteiger partial charge is 0.230 e. The zero-order valence-corrected chi connectivity index (χ0v) is 28.8. The van der Waals surface area contributed by atoms with Crippen LogP contribution in [-0.2, 0) is 4.57 Å². The fourth-order valence-corrected chi connectivity index (χ4v) is 9.54. The van der Waals surface area contributed by atoms with Gasteiger partial charge in [0, 0.05) is 16.2 Å². The van der Waals surface area contributed by atoms with Gasteiger partial charge in [-0.2, -0.15) is 0 Å². The Labute approximate surface area is 289 Å². The standard InChI is InChI=1S/C46H37O2P/c1-32-18-10-13-25-38(32)36-30-42(39-26-14-11-19-33(39)2)45(43(31-36)40-27-15-12-20-34(40)3)41-28-16-17-29-44(41)49(48,37-23-8-5-9-24-37)46(47)35-21-6-4-7-22-35/h4-31H,1-3H3. The van der Waals surface area contributed by atoms with Gasteiger partial charge in [0.1, 0.15) is 0 Å². The van der Waals surface area contributed by atoms with E-state index in [4.69, 9.17) is 0 Å². The SMILES string of the molecule is Cc1ccccc1-c1cc(-c2ccccc2C)c(-c2ccccc2P(=O)(C(=O)c2ccccc2)c2ccccc2)c(-c2ccccc2C)c1. The summed E-state index contributed by atoms with van der Waals surface area (Å²) in [6.45, 7) is 6.41. The predicted octanol–water partition coefficient (Wildman–Crippen LogP) is 11.4. The Kier molecular flexibility index (Phi) is 8.83. The summed E-state index contributed by atoms with van der Waals surface area (Å²) in [5.74, 6) is 0. The number of hydrogen-bond acceptors (Lipinski definition) is 2. The molecule has 7 aromatic rings. The van der Waals surface area contributed by atoms with E-state index in [2.05, 4.69) is 106 Å². The van der Waals surface area contributed by atoms with Crippen molar-refractivity contribution < 1.29 is 9.36 Å². The average molecular weight is 653 g/mol. The van der Waals surface area contributed by atoms with Crippen molar-refractivity contribution in [1.82, 2.24) is 0 Å². The molecule has 238 valence electrons. The van der Waals surface area contributed by atoms with E-state index < -0.39 is 7.14 Å². The third kappa shape index (κ3) is 5.90. The normalized spacial score (nSPS) is 12.3. The Morgan fingerprint density at radius 2 is 0.837 bits per heavy atom. The fraction of sp³-hybridized carbons (Fsp3) is 0.0652. The highest BCUT2D eigenvalue weighted by Gasteiger charge is 2.39. The molecule has 0 bridgehead atoms. The van der Waals surface area contributed by atoms with E-state index in [1.165, 1.54) is 5.56 Å². The molecule has 3 heteroatoms. The lowest BCUT2D eigenvalue weighted by atomic mass is 9.82. The van der Waals surface area contributed by atoms with E-state index in [0.29, 0.717) is 16.2 Å². The second-order valence-corrected chi connectivity index (χ2v) is 15.1. The molecule has 0 heterocycles. The predicted molar refractivity (Wildman–Crippen MR) is 206 cm³/mol. The third-order valence-corrected chi connectivity index (χ3v) is 12.3. The minimum atomic E-state index is -3.90. The summed E-state index contributed by atoms with van der Waals surface area (Å²) >= 11 is 0. The van der Waals surface area contributed by atoms with Gasteiger partial charge in [0.15, 0.2) is 0 Å². The summed E-state index contributed by atoms with van der Waals surface area (Å²) in [6.07, 6.45) is 0. The first-order chi connectivity index (χ1) is 23.9. The van der Waals surface area contributed by atoms with Crippen molar-refractivity contribution in [2.24, 2.45) is 0 Å². The maximum Gasteiger partial charge on any atom is 0.230 e. The van der Waals surface area contributed by atoms with Crippen LogP contribution >= 0.6 is 7.14 Å². The lowest BCUT2D eigenvalue weighted by Gasteiger charge is -2.26. The van der Waals surface area contributed by atoms with Gasteiger partial charge >= 0.3 is 0 Å². The van der Waals surface area contributed by atoms with E-state index in [1.54, 1.807) is 12.1 Å². The van der Waals surface area contributed by atoms with E-state index in [1.807, 2.05) is 72.8 Å². The summed E-state index contributed by atoms with van der Waals surface area (Å²) < 4.78 is 15.9. The maximum atomic E-state index is 15.9. The molecule has 0 saturated carbocycles. The first kappa shape index (κ1) is 32.0. The highest BCUT2D eigenvalue weighted by Crippen LogP contribution is 2.52. The van der Waals surface area contributed by atoms with Gasteiger partial charge in [-0.05, 0) is 94.1 Å². The summed E-state index contributed by atoms with van der Waals surface area (Å²) in [4.78, 5) is 14.7. The Morgan fingerprint density at radius 3 is 1.35 bits per heavy atom. The summed E-state index contributed by atoms with van der Waals surface area (Å²) in [7, 11) is -3.90. The molecule has 2 nitrogen and oxygen atoms in total.